The summed E-state index contributed by atoms with van der Waals surface area (Å²) in [6.45, 7) is 0. The second-order valence-corrected chi connectivity index (χ2v) is 12.3. The zero-order chi connectivity index (χ0) is 19.5. The van der Waals surface area contributed by atoms with Gasteiger partial charge in [-0.15, -0.1) is 25.7 Å². The minimum Gasteiger partial charge on any atom is -0.120 e. The first-order valence-corrected chi connectivity index (χ1v) is 11.2. The molecular weight excluding hydrogens is 336 g/mol. The van der Waals surface area contributed by atoms with Crippen LogP contribution in [0.1, 0.15) is 77.0 Å². The normalized spacial score (nSPS) is 59.9. The maximum Gasteiger partial charge on any atom is 0.0334 e. The number of hydrogen-bond donors (Lipinski definition) is 0. The lowest BCUT2D eigenvalue weighted by molar-refractivity contribution is -0.241. The van der Waals surface area contributed by atoms with Crippen molar-refractivity contribution < 1.29 is 0 Å². The molecular formula is C28H30. The Morgan fingerprint density at radius 3 is 0.964 bits per heavy atom. The van der Waals surface area contributed by atoms with Gasteiger partial charge in [-0.05, 0) is 99.7 Å². The molecule has 8 rings (SSSR count). The quantitative estimate of drug-likeness (QED) is 0.543. The molecule has 142 valence electrons. The SMILES string of the molecule is C#CC12CC3CC(C#C)(C1)CC(C14CC5CC(C#C)(CC(C#C)(C5)C1)C4)(C3)C2. The molecule has 0 N–H and O–H groups in total. The van der Waals surface area contributed by atoms with Crippen LogP contribution in [0, 0.1) is 93.7 Å². The van der Waals surface area contributed by atoms with E-state index in [9.17, 15) is 0 Å². The molecule has 0 saturated heterocycles. The second-order valence-electron chi connectivity index (χ2n) is 12.3. The van der Waals surface area contributed by atoms with Crippen molar-refractivity contribution in [2.24, 2.45) is 44.3 Å². The van der Waals surface area contributed by atoms with Crippen molar-refractivity contribution in [3.05, 3.63) is 0 Å². The van der Waals surface area contributed by atoms with Gasteiger partial charge < -0.3 is 0 Å². The Kier molecular flexibility index (Phi) is 2.87. The summed E-state index contributed by atoms with van der Waals surface area (Å²) >= 11 is 0. The summed E-state index contributed by atoms with van der Waals surface area (Å²) in [5.41, 5.74) is 0.580. The highest BCUT2D eigenvalue weighted by Gasteiger charge is 2.73. The van der Waals surface area contributed by atoms with Gasteiger partial charge in [-0.1, -0.05) is 23.7 Å². The van der Waals surface area contributed by atoms with Crippen LogP contribution in [-0.2, 0) is 0 Å². The third-order valence-electron chi connectivity index (χ3n) is 10.5. The van der Waals surface area contributed by atoms with Crippen LogP contribution >= 0.6 is 0 Å². The van der Waals surface area contributed by atoms with Gasteiger partial charge in [0.1, 0.15) is 0 Å². The van der Waals surface area contributed by atoms with Gasteiger partial charge in [-0.25, -0.2) is 0 Å². The van der Waals surface area contributed by atoms with E-state index in [1.165, 1.54) is 64.2 Å². The third-order valence-corrected chi connectivity index (χ3v) is 10.5. The van der Waals surface area contributed by atoms with Gasteiger partial charge in [0, 0.05) is 21.7 Å². The Hall–Kier alpha value is -1.76. The standard InChI is InChI=1S/C28H30/c1-5-23-9-21-10-24(6-2,15-23)18-27(13-21,17-23)28-14-22-11-25(7-3,19-28)16-26(8-4,12-22)20-28/h1-4,21-22H,9-20H2. The molecule has 0 aliphatic heterocycles. The van der Waals surface area contributed by atoms with Crippen molar-refractivity contribution in [1.29, 1.82) is 0 Å². The van der Waals surface area contributed by atoms with Gasteiger partial charge in [-0.2, -0.15) is 0 Å². The molecule has 0 aromatic carbocycles. The molecule has 28 heavy (non-hydrogen) atoms. The fourth-order valence-electron chi connectivity index (χ4n) is 10.7. The summed E-state index contributed by atoms with van der Waals surface area (Å²) in [7, 11) is 0. The second kappa shape index (κ2) is 4.69. The van der Waals surface area contributed by atoms with Gasteiger partial charge in [0.05, 0.1) is 0 Å². The Labute approximate surface area is 171 Å². The fraction of sp³-hybridized carbons (Fsp3) is 0.714. The summed E-state index contributed by atoms with van der Waals surface area (Å²) in [5.74, 6) is 14.6. The smallest absolute Gasteiger partial charge is 0.0334 e. The fourth-order valence-corrected chi connectivity index (χ4v) is 10.7. The van der Waals surface area contributed by atoms with Crippen molar-refractivity contribution in [2.45, 2.75) is 77.0 Å². The molecule has 8 aliphatic rings. The van der Waals surface area contributed by atoms with Crippen molar-refractivity contribution >= 4 is 0 Å². The predicted octanol–water partition coefficient (Wildman–Crippen LogP) is 5.43. The van der Waals surface area contributed by atoms with Gasteiger partial charge in [-0.3, -0.25) is 0 Å². The highest BCUT2D eigenvalue weighted by molar-refractivity contribution is 5.34. The molecule has 0 nitrogen and oxygen atoms in total. The van der Waals surface area contributed by atoms with E-state index in [1.807, 2.05) is 0 Å². The van der Waals surface area contributed by atoms with Crippen LogP contribution in [0.15, 0.2) is 0 Å². The summed E-state index contributed by atoms with van der Waals surface area (Å²) in [5, 5.41) is 0. The molecule has 8 fully saturated rings. The maximum atomic E-state index is 6.21. The molecule has 0 aromatic heterocycles. The average molecular weight is 367 g/mol. The monoisotopic (exact) mass is 366 g/mol. The predicted molar refractivity (Wildman–Crippen MR) is 112 cm³/mol. The van der Waals surface area contributed by atoms with E-state index in [-0.39, 0.29) is 32.5 Å². The van der Waals surface area contributed by atoms with Crippen LogP contribution in [-0.4, -0.2) is 0 Å². The molecule has 0 heteroatoms. The molecule has 0 aromatic rings. The van der Waals surface area contributed by atoms with E-state index < -0.39 is 0 Å². The highest BCUT2D eigenvalue weighted by Crippen LogP contribution is 2.81. The maximum absolute atomic E-state index is 6.21. The van der Waals surface area contributed by atoms with E-state index in [0.29, 0.717) is 11.8 Å². The van der Waals surface area contributed by atoms with Gasteiger partial charge >= 0.3 is 0 Å². The first-order valence-electron chi connectivity index (χ1n) is 11.2. The molecule has 0 heterocycles. The zero-order valence-corrected chi connectivity index (χ0v) is 16.9. The lowest BCUT2D eigenvalue weighted by Crippen LogP contribution is -2.67. The molecule has 4 atom stereocenters. The molecule has 8 bridgehead atoms. The summed E-state index contributed by atoms with van der Waals surface area (Å²) in [4.78, 5) is 0. The van der Waals surface area contributed by atoms with Crippen LogP contribution in [0.2, 0.25) is 0 Å². The lowest BCUT2D eigenvalue weighted by atomic mass is 9.28. The molecule has 0 amide bonds. The Morgan fingerprint density at radius 2 is 0.714 bits per heavy atom. The minimum absolute atomic E-state index is 0.0156. The van der Waals surface area contributed by atoms with Crippen LogP contribution in [0.3, 0.4) is 0 Å². The largest absolute Gasteiger partial charge is 0.120 e. The van der Waals surface area contributed by atoms with Crippen LogP contribution in [0.25, 0.3) is 0 Å². The topological polar surface area (TPSA) is 0 Å². The lowest BCUT2D eigenvalue weighted by Gasteiger charge is -2.75. The summed E-state index contributed by atoms with van der Waals surface area (Å²) < 4.78 is 0. The molecule has 0 radical (unpaired) electrons. The van der Waals surface area contributed by atoms with E-state index in [1.54, 1.807) is 0 Å². The van der Waals surface area contributed by atoms with Crippen molar-refractivity contribution in [1.82, 2.24) is 0 Å². The zero-order valence-electron chi connectivity index (χ0n) is 16.9. The first kappa shape index (κ1) is 17.1. The third kappa shape index (κ3) is 1.80. The average Bonchev–Trinajstić information content (AvgIpc) is 2.66. The molecule has 0 spiro atoms. The Bertz CT molecular complexity index is 796. The van der Waals surface area contributed by atoms with Crippen LogP contribution < -0.4 is 0 Å². The number of rotatable bonds is 1. The summed E-state index contributed by atoms with van der Waals surface area (Å²) in [6, 6.07) is 0. The van der Waals surface area contributed by atoms with E-state index in [2.05, 4.69) is 23.7 Å². The van der Waals surface area contributed by atoms with E-state index in [4.69, 9.17) is 25.7 Å². The summed E-state index contributed by atoms with van der Waals surface area (Å²) in [6.07, 6.45) is 39.0. The van der Waals surface area contributed by atoms with E-state index in [0.717, 1.165) is 12.8 Å². The number of terminal acetylenes is 4. The van der Waals surface area contributed by atoms with Gasteiger partial charge in [0.2, 0.25) is 0 Å². The Balaban J connectivity index is 1.53. The van der Waals surface area contributed by atoms with Crippen molar-refractivity contribution in [3.8, 4) is 49.4 Å². The van der Waals surface area contributed by atoms with Crippen LogP contribution in [0.4, 0.5) is 0 Å². The number of hydrogen-bond acceptors (Lipinski definition) is 0. The molecule has 4 unspecified atom stereocenters. The molecule has 8 saturated carbocycles. The molecule has 8 aliphatic carbocycles. The van der Waals surface area contributed by atoms with Crippen molar-refractivity contribution in [2.75, 3.05) is 0 Å². The van der Waals surface area contributed by atoms with Crippen molar-refractivity contribution in [3.63, 3.8) is 0 Å². The van der Waals surface area contributed by atoms with Gasteiger partial charge in [0.15, 0.2) is 0 Å². The first-order chi connectivity index (χ1) is 13.3. The van der Waals surface area contributed by atoms with E-state index >= 15 is 0 Å². The Morgan fingerprint density at radius 1 is 0.429 bits per heavy atom. The highest BCUT2D eigenvalue weighted by atomic mass is 14.8. The van der Waals surface area contributed by atoms with Gasteiger partial charge in [0.25, 0.3) is 0 Å². The minimum atomic E-state index is 0.0156. The van der Waals surface area contributed by atoms with Crippen LogP contribution in [0.5, 0.6) is 0 Å².